The molecule has 0 bridgehead atoms. The third kappa shape index (κ3) is 5.99. The number of aromatic nitrogens is 3. The molecule has 1 aliphatic heterocycles. The van der Waals surface area contributed by atoms with Gasteiger partial charge in [-0.1, -0.05) is 18.2 Å². The largest absolute Gasteiger partial charge is 0.492 e. The molecule has 1 aliphatic rings. The second-order valence-corrected chi connectivity index (χ2v) is 9.01. The SMILES string of the molecule is CCOc1cncc(-c2ccc(CN3CCN(c4ccc(C(=O)N(CC)CC)nn4)CC3)cc2C)c1. The summed E-state index contributed by atoms with van der Waals surface area (Å²) in [6, 6.07) is 12.4. The van der Waals surface area contributed by atoms with Gasteiger partial charge in [0.25, 0.3) is 5.91 Å². The highest BCUT2D eigenvalue weighted by atomic mass is 16.5. The summed E-state index contributed by atoms with van der Waals surface area (Å²) in [6.45, 7) is 14.6. The van der Waals surface area contributed by atoms with Gasteiger partial charge in [0.05, 0.1) is 12.8 Å². The van der Waals surface area contributed by atoms with Gasteiger partial charge in [-0.3, -0.25) is 14.7 Å². The lowest BCUT2D eigenvalue weighted by molar-refractivity contribution is 0.0766. The lowest BCUT2D eigenvalue weighted by atomic mass is 9.99. The number of nitrogens with zero attached hydrogens (tertiary/aromatic N) is 6. The van der Waals surface area contributed by atoms with Gasteiger partial charge in [-0.25, -0.2) is 0 Å². The molecule has 190 valence electrons. The van der Waals surface area contributed by atoms with Gasteiger partial charge >= 0.3 is 0 Å². The summed E-state index contributed by atoms with van der Waals surface area (Å²) in [7, 11) is 0. The number of amides is 1. The van der Waals surface area contributed by atoms with Crippen LogP contribution in [0.3, 0.4) is 0 Å². The normalized spacial score (nSPS) is 14.1. The predicted octanol–water partition coefficient (Wildman–Crippen LogP) is 4.05. The van der Waals surface area contributed by atoms with E-state index < -0.39 is 0 Å². The summed E-state index contributed by atoms with van der Waals surface area (Å²) in [5, 5.41) is 8.55. The maximum absolute atomic E-state index is 12.5. The minimum Gasteiger partial charge on any atom is -0.492 e. The van der Waals surface area contributed by atoms with Crippen LogP contribution in [0.15, 0.2) is 48.8 Å². The molecule has 0 atom stereocenters. The van der Waals surface area contributed by atoms with Gasteiger partial charge in [-0.05, 0) is 62.6 Å². The molecule has 36 heavy (non-hydrogen) atoms. The van der Waals surface area contributed by atoms with E-state index in [2.05, 4.69) is 50.1 Å². The van der Waals surface area contributed by atoms with E-state index in [0.29, 0.717) is 25.4 Å². The molecule has 3 aromatic rings. The molecule has 0 radical (unpaired) electrons. The van der Waals surface area contributed by atoms with Crippen LogP contribution < -0.4 is 9.64 Å². The molecular formula is C28H36N6O2. The third-order valence-corrected chi connectivity index (χ3v) is 6.65. The van der Waals surface area contributed by atoms with Gasteiger partial charge in [-0.2, -0.15) is 0 Å². The fourth-order valence-corrected chi connectivity index (χ4v) is 4.63. The Morgan fingerprint density at radius 1 is 0.972 bits per heavy atom. The first-order valence-electron chi connectivity index (χ1n) is 12.8. The number of carbonyl (C=O) groups is 1. The predicted molar refractivity (Wildman–Crippen MR) is 142 cm³/mol. The first-order valence-corrected chi connectivity index (χ1v) is 12.8. The van der Waals surface area contributed by atoms with Gasteiger partial charge in [0.2, 0.25) is 0 Å². The van der Waals surface area contributed by atoms with Crippen molar-refractivity contribution in [2.24, 2.45) is 0 Å². The van der Waals surface area contributed by atoms with E-state index in [1.54, 1.807) is 17.2 Å². The van der Waals surface area contributed by atoms with Crippen LogP contribution in [-0.4, -0.2) is 76.8 Å². The van der Waals surface area contributed by atoms with Crippen LogP contribution in [0.2, 0.25) is 0 Å². The second kappa shape index (κ2) is 11.9. The van der Waals surface area contributed by atoms with E-state index >= 15 is 0 Å². The fourth-order valence-electron chi connectivity index (χ4n) is 4.63. The van der Waals surface area contributed by atoms with Crippen molar-refractivity contribution in [1.29, 1.82) is 0 Å². The van der Waals surface area contributed by atoms with Crippen molar-refractivity contribution < 1.29 is 9.53 Å². The van der Waals surface area contributed by atoms with Gasteiger partial charge in [0.1, 0.15) is 5.75 Å². The quantitative estimate of drug-likeness (QED) is 0.450. The first-order chi connectivity index (χ1) is 17.5. The monoisotopic (exact) mass is 488 g/mol. The van der Waals surface area contributed by atoms with E-state index in [4.69, 9.17) is 4.74 Å². The van der Waals surface area contributed by atoms with Crippen LogP contribution in [0.25, 0.3) is 11.1 Å². The molecule has 0 unspecified atom stereocenters. The number of rotatable bonds is 9. The zero-order chi connectivity index (χ0) is 25.5. The number of pyridine rings is 1. The first kappa shape index (κ1) is 25.6. The number of ether oxygens (including phenoxy) is 1. The molecule has 1 fully saturated rings. The Morgan fingerprint density at radius 2 is 1.75 bits per heavy atom. The second-order valence-electron chi connectivity index (χ2n) is 9.01. The number of aryl methyl sites for hydroxylation is 1. The van der Waals surface area contributed by atoms with Crippen LogP contribution in [0.5, 0.6) is 5.75 Å². The van der Waals surface area contributed by atoms with Crippen molar-refractivity contribution in [3.63, 3.8) is 0 Å². The van der Waals surface area contributed by atoms with E-state index in [1.807, 2.05) is 39.1 Å². The minimum absolute atomic E-state index is 0.0663. The van der Waals surface area contributed by atoms with Gasteiger partial charge in [0, 0.05) is 57.6 Å². The van der Waals surface area contributed by atoms with Crippen LogP contribution in [-0.2, 0) is 6.54 Å². The summed E-state index contributed by atoms with van der Waals surface area (Å²) >= 11 is 0. The number of benzene rings is 1. The molecule has 4 rings (SSSR count). The topological polar surface area (TPSA) is 74.7 Å². The summed E-state index contributed by atoms with van der Waals surface area (Å²) in [4.78, 5) is 23.3. The average molecular weight is 489 g/mol. The Bertz CT molecular complexity index is 1150. The molecular weight excluding hydrogens is 452 g/mol. The highest BCUT2D eigenvalue weighted by Crippen LogP contribution is 2.27. The van der Waals surface area contributed by atoms with Gasteiger partial charge in [0.15, 0.2) is 11.5 Å². The lowest BCUT2D eigenvalue weighted by Crippen LogP contribution is -2.46. The van der Waals surface area contributed by atoms with E-state index in [9.17, 15) is 4.79 Å². The molecule has 8 heteroatoms. The molecule has 0 saturated carbocycles. The maximum atomic E-state index is 12.5. The lowest BCUT2D eigenvalue weighted by Gasteiger charge is -2.35. The maximum Gasteiger partial charge on any atom is 0.274 e. The van der Waals surface area contributed by atoms with E-state index in [0.717, 1.165) is 49.9 Å². The molecule has 8 nitrogen and oxygen atoms in total. The Hall–Kier alpha value is -3.52. The van der Waals surface area contributed by atoms with Gasteiger partial charge in [-0.15, -0.1) is 10.2 Å². The number of hydrogen-bond donors (Lipinski definition) is 0. The van der Waals surface area contributed by atoms with Crippen molar-refractivity contribution in [3.05, 3.63) is 65.6 Å². The van der Waals surface area contributed by atoms with Crippen molar-refractivity contribution in [1.82, 2.24) is 25.0 Å². The molecule has 1 aromatic carbocycles. The zero-order valence-corrected chi connectivity index (χ0v) is 21.8. The summed E-state index contributed by atoms with van der Waals surface area (Å²) in [6.07, 6.45) is 3.64. The summed E-state index contributed by atoms with van der Waals surface area (Å²) in [5.41, 5.74) is 5.19. The highest BCUT2D eigenvalue weighted by molar-refractivity contribution is 5.92. The molecule has 3 heterocycles. The molecule has 1 saturated heterocycles. The Labute approximate surface area is 213 Å². The van der Waals surface area contributed by atoms with Gasteiger partial charge < -0.3 is 14.5 Å². The smallest absolute Gasteiger partial charge is 0.274 e. The molecule has 1 amide bonds. The highest BCUT2D eigenvalue weighted by Gasteiger charge is 2.20. The summed E-state index contributed by atoms with van der Waals surface area (Å²) in [5.74, 6) is 1.56. The number of piperazine rings is 1. The van der Waals surface area contributed by atoms with Crippen LogP contribution in [0.1, 0.15) is 42.4 Å². The third-order valence-electron chi connectivity index (χ3n) is 6.65. The van der Waals surface area contributed by atoms with Crippen LogP contribution >= 0.6 is 0 Å². The molecule has 0 N–H and O–H groups in total. The average Bonchev–Trinajstić information content (AvgIpc) is 2.90. The zero-order valence-electron chi connectivity index (χ0n) is 21.8. The molecule has 0 spiro atoms. The minimum atomic E-state index is -0.0663. The standard InChI is InChI=1S/C28H36N6O2/c1-5-33(6-2)28(35)26-10-11-27(31-30-26)34-14-12-32(13-15-34)20-22-8-9-25(21(4)16-22)23-17-24(36-7-3)19-29-18-23/h8-11,16-19H,5-7,12-15,20H2,1-4H3. The molecule has 2 aromatic heterocycles. The van der Waals surface area contributed by atoms with Crippen molar-refractivity contribution >= 4 is 11.7 Å². The Morgan fingerprint density at radius 3 is 2.39 bits per heavy atom. The van der Waals surface area contributed by atoms with Crippen LogP contribution in [0.4, 0.5) is 5.82 Å². The van der Waals surface area contributed by atoms with Crippen molar-refractivity contribution in [3.8, 4) is 16.9 Å². The Balaban J connectivity index is 1.33. The Kier molecular flexibility index (Phi) is 8.48. The number of anilines is 1. The summed E-state index contributed by atoms with van der Waals surface area (Å²) < 4.78 is 5.61. The van der Waals surface area contributed by atoms with Crippen molar-refractivity contribution in [2.75, 3.05) is 50.8 Å². The fraction of sp³-hybridized carbons (Fsp3) is 0.429. The van der Waals surface area contributed by atoms with Crippen LogP contribution in [0, 0.1) is 6.92 Å². The number of hydrogen-bond acceptors (Lipinski definition) is 7. The molecule has 0 aliphatic carbocycles. The van der Waals surface area contributed by atoms with E-state index in [1.165, 1.54) is 16.7 Å². The number of carbonyl (C=O) groups excluding carboxylic acids is 1. The van der Waals surface area contributed by atoms with Crippen molar-refractivity contribution in [2.45, 2.75) is 34.2 Å². The van der Waals surface area contributed by atoms with E-state index in [-0.39, 0.29) is 5.91 Å².